The average Bonchev–Trinajstić information content (AvgIpc) is 2.78. The Kier molecular flexibility index (Phi) is 7.73. The van der Waals surface area contributed by atoms with Gasteiger partial charge in [-0.05, 0) is 80.5 Å². The minimum atomic E-state index is -3.51. The Morgan fingerprint density at radius 2 is 1.74 bits per heavy atom. The van der Waals surface area contributed by atoms with Crippen LogP contribution >= 0.6 is 0 Å². The van der Waals surface area contributed by atoms with Gasteiger partial charge in [0.05, 0.1) is 12.0 Å². The summed E-state index contributed by atoms with van der Waals surface area (Å²) in [5.41, 5.74) is 3.24. The van der Waals surface area contributed by atoms with Gasteiger partial charge in [-0.2, -0.15) is 4.31 Å². The fourth-order valence-electron chi connectivity index (χ4n) is 3.82. The maximum absolute atomic E-state index is 12.9. The maximum atomic E-state index is 12.9. The average molecular weight is 445 g/mol. The van der Waals surface area contributed by atoms with Crippen LogP contribution in [0.2, 0.25) is 0 Å². The van der Waals surface area contributed by atoms with Crippen LogP contribution in [0.5, 0.6) is 5.75 Å². The molecule has 1 aliphatic heterocycles. The highest BCUT2D eigenvalue weighted by atomic mass is 32.2. The van der Waals surface area contributed by atoms with Crippen LogP contribution in [0.15, 0.2) is 47.4 Å². The van der Waals surface area contributed by atoms with Gasteiger partial charge in [0.1, 0.15) is 5.75 Å². The summed E-state index contributed by atoms with van der Waals surface area (Å²) in [6.07, 6.45) is 2.85. The third-order valence-electron chi connectivity index (χ3n) is 6.04. The van der Waals surface area contributed by atoms with E-state index in [9.17, 15) is 13.2 Å². The summed E-state index contributed by atoms with van der Waals surface area (Å²) in [6, 6.07) is 13.2. The number of methoxy groups -OCH3 is 1. The van der Waals surface area contributed by atoms with E-state index in [-0.39, 0.29) is 11.8 Å². The molecule has 2 aromatic rings. The minimum absolute atomic E-state index is 0.0259. The Morgan fingerprint density at radius 3 is 2.35 bits per heavy atom. The van der Waals surface area contributed by atoms with Crippen LogP contribution in [0.3, 0.4) is 0 Å². The van der Waals surface area contributed by atoms with Gasteiger partial charge in [0.25, 0.3) is 0 Å². The Morgan fingerprint density at radius 1 is 1.06 bits per heavy atom. The summed E-state index contributed by atoms with van der Waals surface area (Å²) < 4.78 is 32.5. The number of aryl methyl sites for hydroxylation is 3. The highest BCUT2D eigenvalue weighted by Gasteiger charge is 2.32. The van der Waals surface area contributed by atoms with Crippen LogP contribution in [0.4, 0.5) is 0 Å². The van der Waals surface area contributed by atoms with E-state index >= 15 is 0 Å². The van der Waals surface area contributed by atoms with Gasteiger partial charge in [-0.1, -0.05) is 18.2 Å². The lowest BCUT2D eigenvalue weighted by Crippen LogP contribution is -2.43. The van der Waals surface area contributed by atoms with Crippen LogP contribution in [0.1, 0.15) is 36.0 Å². The van der Waals surface area contributed by atoms with Crippen molar-refractivity contribution < 1.29 is 17.9 Å². The van der Waals surface area contributed by atoms with Crippen molar-refractivity contribution in [1.82, 2.24) is 9.62 Å². The number of hydrogen-bond acceptors (Lipinski definition) is 4. The topological polar surface area (TPSA) is 75.7 Å². The minimum Gasteiger partial charge on any atom is -0.497 e. The number of piperidine rings is 1. The number of amides is 1. The molecule has 3 rings (SSSR count). The van der Waals surface area contributed by atoms with Crippen molar-refractivity contribution in [1.29, 1.82) is 0 Å². The van der Waals surface area contributed by atoms with Gasteiger partial charge < -0.3 is 10.1 Å². The summed E-state index contributed by atoms with van der Waals surface area (Å²) in [6.45, 7) is 5.25. The molecule has 0 unspecified atom stereocenters. The zero-order valence-corrected chi connectivity index (χ0v) is 19.4. The van der Waals surface area contributed by atoms with Crippen molar-refractivity contribution in [2.24, 2.45) is 5.92 Å². The summed E-state index contributed by atoms with van der Waals surface area (Å²) in [5.74, 6) is 0.730. The van der Waals surface area contributed by atoms with Crippen LogP contribution in [0.25, 0.3) is 0 Å². The predicted octanol–water partition coefficient (Wildman–Crippen LogP) is 3.46. The smallest absolute Gasteiger partial charge is 0.243 e. The molecule has 0 bridgehead atoms. The second-order valence-electron chi connectivity index (χ2n) is 8.17. The molecule has 2 aromatic carbocycles. The van der Waals surface area contributed by atoms with Gasteiger partial charge in [0, 0.05) is 25.6 Å². The summed E-state index contributed by atoms with van der Waals surface area (Å²) in [7, 11) is -1.87. The van der Waals surface area contributed by atoms with E-state index in [0.717, 1.165) is 29.7 Å². The lowest BCUT2D eigenvalue weighted by atomic mass is 9.97. The van der Waals surface area contributed by atoms with Gasteiger partial charge in [0.15, 0.2) is 0 Å². The first-order valence-electron chi connectivity index (χ1n) is 10.8. The van der Waals surface area contributed by atoms with E-state index in [4.69, 9.17) is 4.74 Å². The Bertz CT molecular complexity index is 995. The summed E-state index contributed by atoms with van der Waals surface area (Å²) in [4.78, 5) is 12.8. The van der Waals surface area contributed by atoms with Gasteiger partial charge in [-0.3, -0.25) is 4.79 Å². The van der Waals surface area contributed by atoms with Crippen molar-refractivity contribution in [3.05, 3.63) is 59.2 Å². The summed E-state index contributed by atoms with van der Waals surface area (Å²) >= 11 is 0. The number of ether oxygens (including phenoxy) is 1. The molecule has 1 heterocycles. The van der Waals surface area contributed by atoms with Crippen molar-refractivity contribution >= 4 is 15.9 Å². The van der Waals surface area contributed by atoms with Crippen molar-refractivity contribution in [2.45, 2.75) is 44.4 Å². The van der Waals surface area contributed by atoms with E-state index in [2.05, 4.69) is 5.32 Å². The van der Waals surface area contributed by atoms with Gasteiger partial charge in [0.2, 0.25) is 15.9 Å². The van der Waals surface area contributed by atoms with Crippen LogP contribution < -0.4 is 10.1 Å². The molecule has 168 valence electrons. The third kappa shape index (κ3) is 5.86. The highest BCUT2D eigenvalue weighted by molar-refractivity contribution is 7.89. The fourth-order valence-corrected chi connectivity index (χ4v) is 5.38. The molecule has 0 aromatic heterocycles. The largest absolute Gasteiger partial charge is 0.497 e. The molecule has 0 spiro atoms. The normalized spacial score (nSPS) is 15.6. The van der Waals surface area contributed by atoms with Crippen LogP contribution in [-0.2, 0) is 21.2 Å². The van der Waals surface area contributed by atoms with E-state index in [1.165, 1.54) is 9.87 Å². The lowest BCUT2D eigenvalue weighted by molar-refractivity contribution is -0.126. The van der Waals surface area contributed by atoms with Gasteiger partial charge in [-0.25, -0.2) is 8.42 Å². The molecular formula is C24H32N2O4S. The lowest BCUT2D eigenvalue weighted by Gasteiger charge is -2.30. The van der Waals surface area contributed by atoms with Crippen molar-refractivity contribution in [2.75, 3.05) is 26.7 Å². The number of rotatable bonds is 8. The zero-order valence-electron chi connectivity index (χ0n) is 18.6. The second-order valence-corrected chi connectivity index (χ2v) is 10.1. The molecular weight excluding hydrogens is 412 g/mol. The Labute approximate surface area is 185 Å². The number of hydrogen-bond donors (Lipinski definition) is 1. The molecule has 31 heavy (non-hydrogen) atoms. The first kappa shape index (κ1) is 23.3. The van der Waals surface area contributed by atoms with Gasteiger partial charge in [-0.15, -0.1) is 0 Å². The molecule has 0 atom stereocenters. The monoisotopic (exact) mass is 444 g/mol. The number of carbonyl (C=O) groups is 1. The maximum Gasteiger partial charge on any atom is 0.243 e. The molecule has 0 aliphatic carbocycles. The zero-order chi connectivity index (χ0) is 22.4. The number of benzene rings is 2. The third-order valence-corrected chi connectivity index (χ3v) is 7.94. The van der Waals surface area contributed by atoms with Crippen molar-refractivity contribution in [3.63, 3.8) is 0 Å². The number of sulfonamides is 1. The quantitative estimate of drug-likeness (QED) is 0.633. The molecule has 1 fully saturated rings. The molecule has 7 heteroatoms. The van der Waals surface area contributed by atoms with Crippen LogP contribution in [-0.4, -0.2) is 45.4 Å². The van der Waals surface area contributed by atoms with Gasteiger partial charge >= 0.3 is 0 Å². The van der Waals surface area contributed by atoms with E-state index in [0.29, 0.717) is 37.4 Å². The Hall–Kier alpha value is -2.38. The first-order valence-corrected chi connectivity index (χ1v) is 12.2. The molecule has 0 saturated carbocycles. The van der Waals surface area contributed by atoms with Crippen molar-refractivity contribution in [3.8, 4) is 5.75 Å². The van der Waals surface area contributed by atoms with Crippen LogP contribution in [0, 0.1) is 19.8 Å². The first-order chi connectivity index (χ1) is 14.8. The highest BCUT2D eigenvalue weighted by Crippen LogP contribution is 2.25. The second kappa shape index (κ2) is 10.3. The van der Waals surface area contributed by atoms with E-state index in [1.54, 1.807) is 19.2 Å². The molecule has 0 radical (unpaired) electrons. The van der Waals surface area contributed by atoms with E-state index < -0.39 is 10.0 Å². The number of nitrogens with zero attached hydrogens (tertiary/aromatic N) is 1. The van der Waals surface area contributed by atoms with E-state index in [1.807, 2.05) is 44.2 Å². The standard InChI is InChI=1S/C24H32N2O4S/c1-18-6-11-23(17-19(18)2)31(28,29)26-15-12-21(13-16-26)24(27)25-14-4-5-20-7-9-22(30-3)10-8-20/h6-11,17,21H,4-5,12-16H2,1-3H3,(H,25,27). The summed E-state index contributed by atoms with van der Waals surface area (Å²) in [5, 5.41) is 3.01. The molecule has 1 N–H and O–H groups in total. The number of carbonyl (C=O) groups excluding carboxylic acids is 1. The molecule has 1 saturated heterocycles. The molecule has 6 nitrogen and oxygen atoms in total. The predicted molar refractivity (Wildman–Crippen MR) is 122 cm³/mol. The Balaban J connectivity index is 1.44. The number of nitrogens with one attached hydrogen (secondary N) is 1. The SMILES string of the molecule is COc1ccc(CCCNC(=O)C2CCN(S(=O)(=O)c3ccc(C)c(C)c3)CC2)cc1. The molecule has 1 amide bonds. The fraction of sp³-hybridized carbons (Fsp3) is 0.458. The molecule has 1 aliphatic rings.